The molecule has 0 bridgehead atoms. The summed E-state index contributed by atoms with van der Waals surface area (Å²) in [4.78, 5) is 39.3. The zero-order valence-corrected chi connectivity index (χ0v) is 19.9. The van der Waals surface area contributed by atoms with Crippen LogP contribution in [0.4, 0.5) is 5.13 Å². The lowest BCUT2D eigenvalue weighted by molar-refractivity contribution is -0.116. The number of thiazole rings is 1. The Labute approximate surface area is 193 Å². The topological polar surface area (TPSA) is 87.7 Å². The third-order valence-corrected chi connectivity index (χ3v) is 7.84. The zero-order chi connectivity index (χ0) is 22.4. The van der Waals surface area contributed by atoms with E-state index in [9.17, 15) is 9.59 Å². The van der Waals surface area contributed by atoms with E-state index in [4.69, 9.17) is 0 Å². The molecule has 3 aromatic heterocycles. The molecular formula is C24H24N4O2S2. The van der Waals surface area contributed by atoms with Gasteiger partial charge in [-0.05, 0) is 56.7 Å². The summed E-state index contributed by atoms with van der Waals surface area (Å²) in [6, 6.07) is 4.29. The van der Waals surface area contributed by atoms with Crippen LogP contribution in [0.25, 0.3) is 21.5 Å². The van der Waals surface area contributed by atoms with Crippen LogP contribution in [0, 0.1) is 20.8 Å². The molecule has 4 aromatic rings. The molecule has 0 saturated heterocycles. The second-order valence-corrected chi connectivity index (χ2v) is 10.4. The monoisotopic (exact) mass is 464 g/mol. The van der Waals surface area contributed by atoms with E-state index in [0.29, 0.717) is 17.4 Å². The van der Waals surface area contributed by atoms with Gasteiger partial charge in [0.05, 0.1) is 11.1 Å². The van der Waals surface area contributed by atoms with E-state index in [1.165, 1.54) is 38.5 Å². The van der Waals surface area contributed by atoms with E-state index >= 15 is 0 Å². The molecule has 6 nitrogen and oxygen atoms in total. The molecule has 1 aromatic carbocycles. The van der Waals surface area contributed by atoms with Crippen molar-refractivity contribution in [1.82, 2.24) is 15.0 Å². The van der Waals surface area contributed by atoms with Gasteiger partial charge in [0.15, 0.2) is 5.13 Å². The fourth-order valence-corrected chi connectivity index (χ4v) is 6.61. The number of carbonyl (C=O) groups excluding carboxylic acids is 1. The van der Waals surface area contributed by atoms with Gasteiger partial charge in [0, 0.05) is 28.7 Å². The molecule has 0 spiro atoms. The van der Waals surface area contributed by atoms with Crippen LogP contribution in [0.1, 0.15) is 45.8 Å². The van der Waals surface area contributed by atoms with Gasteiger partial charge in [-0.3, -0.25) is 9.59 Å². The van der Waals surface area contributed by atoms with Crippen molar-refractivity contribution in [1.29, 1.82) is 0 Å². The van der Waals surface area contributed by atoms with Gasteiger partial charge in [-0.25, -0.2) is 9.97 Å². The van der Waals surface area contributed by atoms with E-state index < -0.39 is 0 Å². The number of carbonyl (C=O) groups is 1. The maximum atomic E-state index is 12.6. The van der Waals surface area contributed by atoms with Gasteiger partial charge >= 0.3 is 0 Å². The molecule has 0 atom stereocenters. The van der Waals surface area contributed by atoms with Gasteiger partial charge in [0.2, 0.25) is 5.91 Å². The predicted octanol–water partition coefficient (Wildman–Crippen LogP) is 5.09. The molecule has 0 unspecified atom stereocenters. The smallest absolute Gasteiger partial charge is 0.259 e. The average Bonchev–Trinajstić information content (AvgIpc) is 3.42. The van der Waals surface area contributed by atoms with Crippen molar-refractivity contribution in [3.05, 3.63) is 60.8 Å². The molecule has 32 heavy (non-hydrogen) atoms. The quantitative estimate of drug-likeness (QED) is 0.430. The molecule has 164 valence electrons. The number of thiophene rings is 1. The van der Waals surface area contributed by atoms with Crippen LogP contribution in [0.2, 0.25) is 0 Å². The molecule has 1 aliphatic carbocycles. The second kappa shape index (κ2) is 8.26. The first-order valence-electron chi connectivity index (χ1n) is 10.8. The van der Waals surface area contributed by atoms with Gasteiger partial charge in [-0.2, -0.15) is 0 Å². The number of anilines is 1. The maximum Gasteiger partial charge on any atom is 0.259 e. The number of hydrogen-bond acceptors (Lipinski definition) is 6. The summed E-state index contributed by atoms with van der Waals surface area (Å²) in [7, 11) is 0. The lowest BCUT2D eigenvalue weighted by atomic mass is 9.98. The number of benzene rings is 1. The van der Waals surface area contributed by atoms with Crippen LogP contribution in [0.15, 0.2) is 22.3 Å². The standard InChI is InChI=1S/C24H24N4O2S2/c1-12-9-13(2)20(14(3)10-12)16-11-31-24(25-16)28-19(29)8-7-18-26-22(30)21-15-5-4-6-17(15)32-23(21)27-18/h9-11H,4-8H2,1-3H3,(H,25,28,29)(H,26,27,30). The van der Waals surface area contributed by atoms with E-state index in [1.807, 2.05) is 5.38 Å². The normalized spacial score (nSPS) is 13.0. The van der Waals surface area contributed by atoms with Crippen LogP contribution in [-0.2, 0) is 24.1 Å². The highest BCUT2D eigenvalue weighted by Crippen LogP contribution is 2.34. The Hall–Kier alpha value is -2.84. The van der Waals surface area contributed by atoms with Gasteiger partial charge < -0.3 is 10.3 Å². The zero-order valence-electron chi connectivity index (χ0n) is 18.3. The minimum atomic E-state index is -0.139. The summed E-state index contributed by atoms with van der Waals surface area (Å²) < 4.78 is 0. The molecule has 1 aliphatic rings. The van der Waals surface area contributed by atoms with Gasteiger partial charge in [-0.1, -0.05) is 17.7 Å². The molecule has 0 aliphatic heterocycles. The molecule has 5 rings (SSSR count). The lowest BCUT2D eigenvalue weighted by Gasteiger charge is -2.08. The van der Waals surface area contributed by atoms with E-state index in [0.717, 1.165) is 40.7 Å². The van der Waals surface area contributed by atoms with Crippen molar-refractivity contribution >= 4 is 43.9 Å². The maximum absolute atomic E-state index is 12.6. The number of rotatable bonds is 5. The Morgan fingerprint density at radius 3 is 2.72 bits per heavy atom. The molecule has 1 amide bonds. The van der Waals surface area contributed by atoms with Gasteiger partial charge in [-0.15, -0.1) is 22.7 Å². The number of aromatic amines is 1. The lowest BCUT2D eigenvalue weighted by Crippen LogP contribution is -2.16. The van der Waals surface area contributed by atoms with Crippen LogP contribution >= 0.6 is 22.7 Å². The highest BCUT2D eigenvalue weighted by Gasteiger charge is 2.21. The Balaban J connectivity index is 1.27. The first kappa shape index (κ1) is 21.0. The van der Waals surface area contributed by atoms with Crippen molar-refractivity contribution in [2.75, 3.05) is 5.32 Å². The summed E-state index contributed by atoms with van der Waals surface area (Å²) in [5.41, 5.74) is 6.66. The Bertz CT molecular complexity index is 1390. The Morgan fingerprint density at radius 2 is 1.94 bits per heavy atom. The van der Waals surface area contributed by atoms with Gasteiger partial charge in [0.1, 0.15) is 10.7 Å². The fraction of sp³-hybridized carbons (Fsp3) is 0.333. The molecule has 2 N–H and O–H groups in total. The number of hydrogen-bond donors (Lipinski definition) is 2. The third-order valence-electron chi connectivity index (χ3n) is 5.90. The highest BCUT2D eigenvalue weighted by molar-refractivity contribution is 7.18. The van der Waals surface area contributed by atoms with Gasteiger partial charge in [0.25, 0.3) is 5.56 Å². The summed E-state index contributed by atoms with van der Waals surface area (Å²) in [5.74, 6) is 0.419. The average molecular weight is 465 g/mol. The summed E-state index contributed by atoms with van der Waals surface area (Å²) in [6.45, 7) is 6.25. The number of amides is 1. The number of nitrogens with one attached hydrogen (secondary N) is 2. The van der Waals surface area contributed by atoms with Crippen molar-refractivity contribution in [3.63, 3.8) is 0 Å². The highest BCUT2D eigenvalue weighted by atomic mass is 32.1. The van der Waals surface area contributed by atoms with Crippen molar-refractivity contribution in [2.45, 2.75) is 52.9 Å². The Kier molecular flexibility index (Phi) is 5.43. The first-order chi connectivity index (χ1) is 15.4. The van der Waals surface area contributed by atoms with Crippen LogP contribution in [0.5, 0.6) is 0 Å². The molecule has 0 fully saturated rings. The molecule has 0 saturated carbocycles. The van der Waals surface area contributed by atoms with E-state index in [1.54, 1.807) is 11.3 Å². The fourth-order valence-electron chi connectivity index (χ4n) is 4.61. The SMILES string of the molecule is Cc1cc(C)c(-c2csc(NC(=O)CCc3nc4sc5c(c4c(=O)[nH]3)CCC5)n2)c(C)c1. The molecule has 8 heteroatoms. The van der Waals surface area contributed by atoms with E-state index in [2.05, 4.69) is 53.2 Å². The molecule has 3 heterocycles. The third kappa shape index (κ3) is 3.89. The minimum Gasteiger partial charge on any atom is -0.310 e. The predicted molar refractivity (Wildman–Crippen MR) is 131 cm³/mol. The summed E-state index contributed by atoms with van der Waals surface area (Å²) in [5, 5.41) is 6.19. The van der Waals surface area contributed by atoms with E-state index in [-0.39, 0.29) is 17.9 Å². The number of fused-ring (bicyclic) bond motifs is 3. The number of nitrogens with zero attached hydrogens (tertiary/aromatic N) is 2. The summed E-state index contributed by atoms with van der Waals surface area (Å²) >= 11 is 3.03. The minimum absolute atomic E-state index is 0.0850. The van der Waals surface area contributed by atoms with Crippen LogP contribution in [-0.4, -0.2) is 20.9 Å². The Morgan fingerprint density at radius 1 is 1.16 bits per heavy atom. The van der Waals surface area contributed by atoms with Crippen LogP contribution < -0.4 is 10.9 Å². The van der Waals surface area contributed by atoms with Crippen molar-refractivity contribution < 1.29 is 4.79 Å². The van der Waals surface area contributed by atoms with Crippen LogP contribution in [0.3, 0.4) is 0 Å². The van der Waals surface area contributed by atoms with Crippen molar-refractivity contribution in [2.24, 2.45) is 0 Å². The second-order valence-electron chi connectivity index (χ2n) is 8.41. The van der Waals surface area contributed by atoms with Crippen molar-refractivity contribution in [3.8, 4) is 11.3 Å². The number of aromatic nitrogens is 3. The first-order valence-corrected chi connectivity index (χ1v) is 12.5. The molecular weight excluding hydrogens is 440 g/mol. The number of aryl methyl sites for hydroxylation is 6. The number of H-pyrrole nitrogens is 1. The molecule has 0 radical (unpaired) electrons. The summed E-state index contributed by atoms with van der Waals surface area (Å²) in [6.07, 6.45) is 3.72. The largest absolute Gasteiger partial charge is 0.310 e.